The maximum absolute atomic E-state index is 13.1. The van der Waals surface area contributed by atoms with E-state index in [0.29, 0.717) is 12.1 Å². The highest BCUT2D eigenvalue weighted by Gasteiger charge is 2.04. The first kappa shape index (κ1) is 16.0. The van der Waals surface area contributed by atoms with Crippen molar-refractivity contribution >= 4 is 22.9 Å². The van der Waals surface area contributed by atoms with Crippen LogP contribution in [0.2, 0.25) is 0 Å². The largest absolute Gasteiger partial charge is 0.361 e. The summed E-state index contributed by atoms with van der Waals surface area (Å²) in [6, 6.07) is 12.4. The SMILES string of the molecule is Cc1ccc2[nH]cc(CCNC(=O)C=Cc3cccc(F)c3)c2c1. The molecule has 24 heavy (non-hydrogen) atoms. The van der Waals surface area contributed by atoms with Crippen molar-refractivity contribution in [1.29, 1.82) is 0 Å². The Kier molecular flexibility index (Phi) is 4.75. The van der Waals surface area contributed by atoms with Gasteiger partial charge in [-0.05, 0) is 54.8 Å². The summed E-state index contributed by atoms with van der Waals surface area (Å²) in [7, 11) is 0. The standard InChI is InChI=1S/C20H19FN2O/c1-14-5-7-19-18(11-14)16(13-23-19)9-10-22-20(24)8-6-15-3-2-4-17(21)12-15/h2-8,11-13,23H,9-10H2,1H3,(H,22,24). The maximum atomic E-state index is 13.1. The lowest BCUT2D eigenvalue weighted by molar-refractivity contribution is -0.116. The molecular weight excluding hydrogens is 303 g/mol. The number of nitrogens with one attached hydrogen (secondary N) is 2. The van der Waals surface area contributed by atoms with Gasteiger partial charge in [-0.3, -0.25) is 4.79 Å². The lowest BCUT2D eigenvalue weighted by atomic mass is 10.1. The third kappa shape index (κ3) is 3.90. The fourth-order valence-corrected chi connectivity index (χ4v) is 2.66. The Morgan fingerprint density at radius 2 is 2.12 bits per heavy atom. The summed E-state index contributed by atoms with van der Waals surface area (Å²) in [5.41, 5.74) is 4.17. The molecule has 1 aromatic heterocycles. The molecule has 0 aliphatic carbocycles. The van der Waals surface area contributed by atoms with Gasteiger partial charge in [-0.2, -0.15) is 0 Å². The van der Waals surface area contributed by atoms with Gasteiger partial charge in [0.05, 0.1) is 0 Å². The second-order valence-electron chi connectivity index (χ2n) is 5.79. The Labute approximate surface area is 140 Å². The van der Waals surface area contributed by atoms with E-state index in [0.717, 1.165) is 11.9 Å². The molecule has 0 unspecified atom stereocenters. The van der Waals surface area contributed by atoms with Gasteiger partial charge in [0.25, 0.3) is 0 Å². The van der Waals surface area contributed by atoms with Gasteiger partial charge in [-0.1, -0.05) is 23.8 Å². The normalized spacial score (nSPS) is 11.2. The molecule has 1 heterocycles. The predicted molar refractivity (Wildman–Crippen MR) is 95.2 cm³/mol. The zero-order valence-electron chi connectivity index (χ0n) is 13.5. The molecule has 4 heteroatoms. The van der Waals surface area contributed by atoms with Crippen LogP contribution in [0.4, 0.5) is 4.39 Å². The minimum absolute atomic E-state index is 0.185. The quantitative estimate of drug-likeness (QED) is 0.686. The van der Waals surface area contributed by atoms with Gasteiger partial charge in [0.1, 0.15) is 5.82 Å². The Morgan fingerprint density at radius 1 is 1.25 bits per heavy atom. The number of carbonyl (C=O) groups excluding carboxylic acids is 1. The number of hydrogen-bond donors (Lipinski definition) is 2. The molecule has 0 aliphatic heterocycles. The average molecular weight is 322 g/mol. The van der Waals surface area contributed by atoms with E-state index in [9.17, 15) is 9.18 Å². The average Bonchev–Trinajstić information content (AvgIpc) is 2.95. The molecule has 3 nitrogen and oxygen atoms in total. The molecule has 0 saturated carbocycles. The number of rotatable bonds is 5. The van der Waals surface area contributed by atoms with E-state index >= 15 is 0 Å². The fourth-order valence-electron chi connectivity index (χ4n) is 2.66. The van der Waals surface area contributed by atoms with Crippen molar-refractivity contribution in [2.45, 2.75) is 13.3 Å². The van der Waals surface area contributed by atoms with Crippen LogP contribution in [0.3, 0.4) is 0 Å². The Bertz CT molecular complexity index is 896. The summed E-state index contributed by atoms with van der Waals surface area (Å²) in [5.74, 6) is -0.498. The van der Waals surface area contributed by atoms with Crippen LogP contribution in [-0.4, -0.2) is 17.4 Å². The summed E-state index contributed by atoms with van der Waals surface area (Å²) < 4.78 is 13.1. The number of amides is 1. The molecule has 2 N–H and O–H groups in total. The summed E-state index contributed by atoms with van der Waals surface area (Å²) in [6.45, 7) is 2.61. The van der Waals surface area contributed by atoms with Crippen molar-refractivity contribution in [1.82, 2.24) is 10.3 Å². The van der Waals surface area contributed by atoms with Gasteiger partial charge >= 0.3 is 0 Å². The van der Waals surface area contributed by atoms with Gasteiger partial charge in [0.15, 0.2) is 0 Å². The second-order valence-corrected chi connectivity index (χ2v) is 5.79. The van der Waals surface area contributed by atoms with E-state index in [1.807, 2.05) is 6.20 Å². The molecule has 2 aromatic carbocycles. The van der Waals surface area contributed by atoms with Crippen LogP contribution in [0, 0.1) is 12.7 Å². The highest BCUT2D eigenvalue weighted by Crippen LogP contribution is 2.19. The van der Waals surface area contributed by atoms with Gasteiger partial charge < -0.3 is 10.3 Å². The van der Waals surface area contributed by atoms with Crippen molar-refractivity contribution in [3.8, 4) is 0 Å². The maximum Gasteiger partial charge on any atom is 0.244 e. The van der Waals surface area contributed by atoms with Gasteiger partial charge in [-0.15, -0.1) is 0 Å². The van der Waals surface area contributed by atoms with Crippen molar-refractivity contribution in [2.75, 3.05) is 6.54 Å². The smallest absolute Gasteiger partial charge is 0.244 e. The third-order valence-corrected chi connectivity index (χ3v) is 3.89. The molecule has 3 aromatic rings. The van der Waals surface area contributed by atoms with Crippen molar-refractivity contribution in [2.24, 2.45) is 0 Å². The highest BCUT2D eigenvalue weighted by molar-refractivity contribution is 5.91. The van der Waals surface area contributed by atoms with E-state index in [-0.39, 0.29) is 11.7 Å². The number of fused-ring (bicyclic) bond motifs is 1. The monoisotopic (exact) mass is 322 g/mol. The number of hydrogen-bond acceptors (Lipinski definition) is 1. The van der Waals surface area contributed by atoms with Crippen LogP contribution in [-0.2, 0) is 11.2 Å². The van der Waals surface area contributed by atoms with Crippen LogP contribution >= 0.6 is 0 Å². The van der Waals surface area contributed by atoms with Gasteiger partial charge in [-0.25, -0.2) is 4.39 Å². The summed E-state index contributed by atoms with van der Waals surface area (Å²) in [6.07, 6.45) is 5.77. The molecule has 0 spiro atoms. The van der Waals surface area contributed by atoms with Crippen LogP contribution in [0.1, 0.15) is 16.7 Å². The Morgan fingerprint density at radius 3 is 2.96 bits per heavy atom. The number of H-pyrrole nitrogens is 1. The van der Waals surface area contributed by atoms with Crippen LogP contribution < -0.4 is 5.32 Å². The summed E-state index contributed by atoms with van der Waals surface area (Å²) in [5, 5.41) is 4.05. The van der Waals surface area contributed by atoms with E-state index < -0.39 is 0 Å². The number of carbonyl (C=O) groups is 1. The predicted octanol–water partition coefficient (Wildman–Crippen LogP) is 3.99. The van der Waals surface area contributed by atoms with Crippen LogP contribution in [0.5, 0.6) is 0 Å². The molecule has 0 fully saturated rings. The first-order chi connectivity index (χ1) is 11.6. The third-order valence-electron chi connectivity index (χ3n) is 3.89. The zero-order chi connectivity index (χ0) is 16.9. The number of benzene rings is 2. The van der Waals surface area contributed by atoms with Crippen molar-refractivity contribution in [3.05, 3.63) is 77.2 Å². The lowest BCUT2D eigenvalue weighted by Gasteiger charge is -2.02. The molecule has 0 saturated heterocycles. The van der Waals surface area contributed by atoms with Crippen molar-refractivity contribution < 1.29 is 9.18 Å². The Hall–Kier alpha value is -2.88. The molecule has 0 aliphatic rings. The Balaban J connectivity index is 1.55. The van der Waals surface area contributed by atoms with Gasteiger partial charge in [0.2, 0.25) is 5.91 Å². The minimum Gasteiger partial charge on any atom is -0.361 e. The summed E-state index contributed by atoms with van der Waals surface area (Å²) in [4.78, 5) is 15.1. The molecule has 0 atom stereocenters. The molecule has 3 rings (SSSR count). The first-order valence-corrected chi connectivity index (χ1v) is 7.90. The lowest BCUT2D eigenvalue weighted by Crippen LogP contribution is -2.23. The fraction of sp³-hybridized carbons (Fsp3) is 0.150. The number of halogens is 1. The molecule has 0 radical (unpaired) electrons. The number of aromatic amines is 1. The number of aryl methyl sites for hydroxylation is 1. The molecule has 122 valence electrons. The van der Waals surface area contributed by atoms with Crippen LogP contribution in [0.25, 0.3) is 17.0 Å². The zero-order valence-corrected chi connectivity index (χ0v) is 13.5. The van der Waals surface area contributed by atoms with E-state index in [4.69, 9.17) is 0 Å². The van der Waals surface area contributed by atoms with E-state index in [1.54, 1.807) is 18.2 Å². The van der Waals surface area contributed by atoms with Gasteiger partial charge in [0, 0.05) is 29.7 Å². The number of aromatic nitrogens is 1. The highest BCUT2D eigenvalue weighted by atomic mass is 19.1. The first-order valence-electron chi connectivity index (χ1n) is 7.90. The second kappa shape index (κ2) is 7.13. The van der Waals surface area contributed by atoms with E-state index in [1.165, 1.54) is 34.7 Å². The molecule has 1 amide bonds. The van der Waals surface area contributed by atoms with Crippen LogP contribution in [0.15, 0.2) is 54.7 Å². The summed E-state index contributed by atoms with van der Waals surface area (Å²) >= 11 is 0. The molecular formula is C20H19FN2O. The van der Waals surface area contributed by atoms with E-state index in [2.05, 4.69) is 35.4 Å². The topological polar surface area (TPSA) is 44.9 Å². The minimum atomic E-state index is -0.313. The molecule has 0 bridgehead atoms. The van der Waals surface area contributed by atoms with Crippen molar-refractivity contribution in [3.63, 3.8) is 0 Å².